The van der Waals surface area contributed by atoms with Gasteiger partial charge in [0.1, 0.15) is 0 Å². The third-order valence-electron chi connectivity index (χ3n) is 2.98. The predicted octanol–water partition coefficient (Wildman–Crippen LogP) is 3.16. The summed E-state index contributed by atoms with van der Waals surface area (Å²) in [6.07, 6.45) is 1.41. The van der Waals surface area contributed by atoms with Gasteiger partial charge in [0.05, 0.1) is 0 Å². The van der Waals surface area contributed by atoms with Gasteiger partial charge >= 0.3 is 5.63 Å². The minimum Gasteiger partial charge on any atom is -0.447 e. The van der Waals surface area contributed by atoms with E-state index in [0.29, 0.717) is 17.1 Å². The Morgan fingerprint density at radius 1 is 1.26 bits per heavy atom. The van der Waals surface area contributed by atoms with Crippen molar-refractivity contribution < 1.29 is 13.9 Å². The van der Waals surface area contributed by atoms with E-state index in [9.17, 15) is 4.79 Å². The minimum atomic E-state index is -0.462. The van der Waals surface area contributed by atoms with Gasteiger partial charge in [-0.1, -0.05) is 5.57 Å². The monoisotopic (exact) mass is 258 g/mol. The van der Waals surface area contributed by atoms with Crippen LogP contribution in [0.3, 0.4) is 0 Å². The summed E-state index contributed by atoms with van der Waals surface area (Å²) >= 11 is 0. The molecule has 1 aromatic heterocycles. The summed E-state index contributed by atoms with van der Waals surface area (Å²) in [6, 6.07) is 5.18. The van der Waals surface area contributed by atoms with Gasteiger partial charge in [-0.3, -0.25) is 0 Å². The molecule has 0 spiro atoms. The second-order valence-corrected chi connectivity index (χ2v) is 4.87. The van der Waals surface area contributed by atoms with Crippen molar-refractivity contribution in [2.24, 2.45) is 0 Å². The second-order valence-electron chi connectivity index (χ2n) is 4.87. The Morgan fingerprint density at radius 3 is 2.79 bits per heavy atom. The van der Waals surface area contributed by atoms with Crippen LogP contribution in [0.1, 0.15) is 19.4 Å². The number of aryl methyl sites for hydroxylation is 1. The first-order valence-electron chi connectivity index (χ1n) is 6.10. The molecular formula is C15H14O4. The van der Waals surface area contributed by atoms with Crippen LogP contribution in [0.4, 0.5) is 0 Å². The Balaban J connectivity index is 2.18. The molecule has 0 N–H and O–H groups in total. The maximum atomic E-state index is 11.5. The van der Waals surface area contributed by atoms with E-state index in [4.69, 9.17) is 13.9 Å². The minimum absolute atomic E-state index is 0.382. The summed E-state index contributed by atoms with van der Waals surface area (Å²) in [5.41, 5.74) is 2.03. The van der Waals surface area contributed by atoms with E-state index in [0.717, 1.165) is 16.5 Å². The summed E-state index contributed by atoms with van der Waals surface area (Å²) in [4.78, 5) is 11.5. The molecule has 19 heavy (non-hydrogen) atoms. The smallest absolute Gasteiger partial charge is 0.336 e. The average Bonchev–Trinajstić information content (AvgIpc) is 2.70. The van der Waals surface area contributed by atoms with Gasteiger partial charge in [0, 0.05) is 11.5 Å². The average molecular weight is 258 g/mol. The molecule has 2 aromatic rings. The number of rotatable bonds is 1. The molecule has 1 aliphatic heterocycles. The zero-order valence-corrected chi connectivity index (χ0v) is 11.0. The molecular weight excluding hydrogens is 244 g/mol. The summed E-state index contributed by atoms with van der Waals surface area (Å²) in [5.74, 6) is 1.10. The molecule has 1 unspecified atom stereocenters. The molecule has 0 saturated carbocycles. The van der Waals surface area contributed by atoms with Crippen LogP contribution in [0.25, 0.3) is 11.0 Å². The standard InChI is InChI=1S/C15H14O4/c1-8(2)6-13-17-11-5-4-10-9(3)7-12(16)18-14(10)15(11)19-13/h4-7,13H,1-3H3. The van der Waals surface area contributed by atoms with Crippen LogP contribution in [0.15, 0.2) is 39.1 Å². The summed E-state index contributed by atoms with van der Waals surface area (Å²) < 4.78 is 16.6. The first-order chi connectivity index (χ1) is 9.04. The highest BCUT2D eigenvalue weighted by Gasteiger charge is 2.26. The quantitative estimate of drug-likeness (QED) is 0.582. The van der Waals surface area contributed by atoms with Crippen LogP contribution < -0.4 is 15.1 Å². The lowest BCUT2D eigenvalue weighted by molar-refractivity contribution is 0.0945. The number of benzene rings is 1. The van der Waals surface area contributed by atoms with E-state index in [-0.39, 0.29) is 5.63 Å². The molecule has 0 bridgehead atoms. The van der Waals surface area contributed by atoms with E-state index < -0.39 is 6.29 Å². The summed E-state index contributed by atoms with van der Waals surface area (Å²) in [5, 5.41) is 0.861. The van der Waals surface area contributed by atoms with Gasteiger partial charge in [-0.05, 0) is 44.5 Å². The second kappa shape index (κ2) is 4.16. The van der Waals surface area contributed by atoms with Gasteiger partial charge in [0.15, 0.2) is 11.3 Å². The Bertz CT molecular complexity index is 736. The van der Waals surface area contributed by atoms with Gasteiger partial charge in [0.25, 0.3) is 6.29 Å². The normalized spacial score (nSPS) is 16.7. The zero-order valence-electron chi connectivity index (χ0n) is 11.0. The van der Waals surface area contributed by atoms with Gasteiger partial charge in [-0.15, -0.1) is 0 Å². The highest BCUT2D eigenvalue weighted by atomic mass is 16.7. The first-order valence-corrected chi connectivity index (χ1v) is 6.10. The van der Waals surface area contributed by atoms with Crippen molar-refractivity contribution >= 4 is 11.0 Å². The third kappa shape index (κ3) is 1.99. The molecule has 0 radical (unpaired) electrons. The maximum absolute atomic E-state index is 11.5. The molecule has 0 saturated heterocycles. The van der Waals surface area contributed by atoms with E-state index in [1.165, 1.54) is 6.07 Å². The molecule has 4 heteroatoms. The molecule has 1 aliphatic rings. The Hall–Kier alpha value is -2.23. The fourth-order valence-electron chi connectivity index (χ4n) is 2.15. The van der Waals surface area contributed by atoms with Crippen molar-refractivity contribution in [2.45, 2.75) is 27.1 Å². The Labute approximate surface area is 110 Å². The number of allylic oxidation sites excluding steroid dienone is 1. The molecule has 3 rings (SSSR count). The molecule has 0 amide bonds. The number of fused-ring (bicyclic) bond motifs is 3. The van der Waals surface area contributed by atoms with Crippen molar-refractivity contribution in [3.63, 3.8) is 0 Å². The Morgan fingerprint density at radius 2 is 2.05 bits per heavy atom. The van der Waals surface area contributed by atoms with E-state index >= 15 is 0 Å². The number of ether oxygens (including phenoxy) is 2. The van der Waals surface area contributed by atoms with Crippen LogP contribution in [-0.4, -0.2) is 6.29 Å². The van der Waals surface area contributed by atoms with Gasteiger partial charge in [0.2, 0.25) is 5.75 Å². The highest BCUT2D eigenvalue weighted by Crippen LogP contribution is 2.41. The zero-order chi connectivity index (χ0) is 13.6. The molecule has 2 heterocycles. The molecule has 0 fully saturated rings. The lowest BCUT2D eigenvalue weighted by Crippen LogP contribution is -2.14. The lowest BCUT2D eigenvalue weighted by atomic mass is 10.1. The predicted molar refractivity (Wildman–Crippen MR) is 71.7 cm³/mol. The lowest BCUT2D eigenvalue weighted by Gasteiger charge is -2.05. The third-order valence-corrected chi connectivity index (χ3v) is 2.98. The molecule has 98 valence electrons. The highest BCUT2D eigenvalue weighted by molar-refractivity contribution is 5.88. The maximum Gasteiger partial charge on any atom is 0.336 e. The van der Waals surface area contributed by atoms with Gasteiger partial charge in [-0.25, -0.2) is 4.79 Å². The van der Waals surface area contributed by atoms with Crippen LogP contribution in [-0.2, 0) is 0 Å². The largest absolute Gasteiger partial charge is 0.447 e. The van der Waals surface area contributed by atoms with Gasteiger partial charge in [-0.2, -0.15) is 0 Å². The molecule has 4 nitrogen and oxygen atoms in total. The van der Waals surface area contributed by atoms with Crippen LogP contribution >= 0.6 is 0 Å². The molecule has 1 aromatic carbocycles. The van der Waals surface area contributed by atoms with Gasteiger partial charge < -0.3 is 13.9 Å². The SMILES string of the molecule is CC(C)=CC1Oc2ccc3c(C)cc(=O)oc3c2O1. The van der Waals surface area contributed by atoms with E-state index in [1.54, 1.807) is 0 Å². The van der Waals surface area contributed by atoms with Crippen molar-refractivity contribution in [1.82, 2.24) is 0 Å². The summed E-state index contributed by atoms with van der Waals surface area (Å²) in [6.45, 7) is 5.81. The molecule has 1 atom stereocenters. The van der Waals surface area contributed by atoms with Crippen LogP contribution in [0.5, 0.6) is 11.5 Å². The topological polar surface area (TPSA) is 48.7 Å². The fourth-order valence-corrected chi connectivity index (χ4v) is 2.15. The van der Waals surface area contributed by atoms with Crippen LogP contribution in [0, 0.1) is 6.92 Å². The number of hydrogen-bond acceptors (Lipinski definition) is 4. The van der Waals surface area contributed by atoms with Crippen molar-refractivity contribution in [2.75, 3.05) is 0 Å². The van der Waals surface area contributed by atoms with Crippen molar-refractivity contribution in [3.05, 3.63) is 45.8 Å². The van der Waals surface area contributed by atoms with Crippen molar-refractivity contribution in [1.29, 1.82) is 0 Å². The number of hydrogen-bond donors (Lipinski definition) is 0. The molecule has 0 aliphatic carbocycles. The van der Waals surface area contributed by atoms with Crippen molar-refractivity contribution in [3.8, 4) is 11.5 Å². The van der Waals surface area contributed by atoms with Crippen LogP contribution in [0.2, 0.25) is 0 Å². The van der Waals surface area contributed by atoms with E-state index in [2.05, 4.69) is 0 Å². The van der Waals surface area contributed by atoms with E-state index in [1.807, 2.05) is 39.0 Å². The fraction of sp³-hybridized carbons (Fsp3) is 0.267. The Kier molecular flexibility index (Phi) is 2.59. The summed E-state index contributed by atoms with van der Waals surface area (Å²) in [7, 11) is 0. The first kappa shape index (κ1) is 11.8.